The zero-order chi connectivity index (χ0) is 18.0. The normalized spacial score (nSPS) is 18.1. The molecule has 2 heterocycles. The Morgan fingerprint density at radius 1 is 1.19 bits per heavy atom. The number of rotatable bonds is 7. The fourth-order valence-electron chi connectivity index (χ4n) is 3.42. The Bertz CT molecular complexity index is 700. The van der Waals surface area contributed by atoms with Gasteiger partial charge in [0.25, 0.3) is 0 Å². The van der Waals surface area contributed by atoms with Gasteiger partial charge in [0.2, 0.25) is 5.91 Å². The predicted octanol–water partition coefficient (Wildman–Crippen LogP) is 3.31. The van der Waals surface area contributed by atoms with Gasteiger partial charge in [0, 0.05) is 31.1 Å². The van der Waals surface area contributed by atoms with Crippen LogP contribution in [0.25, 0.3) is 6.08 Å². The Morgan fingerprint density at radius 2 is 2.00 bits per heavy atom. The van der Waals surface area contributed by atoms with Crippen molar-refractivity contribution in [2.45, 2.75) is 31.7 Å². The number of aromatic nitrogens is 1. The Balaban J connectivity index is 1.40. The highest BCUT2D eigenvalue weighted by atomic mass is 16.1. The van der Waals surface area contributed by atoms with E-state index in [1.54, 1.807) is 18.5 Å². The number of benzene rings is 1. The SMILES string of the molecule is O=C(/C=C/c1ccncc1)N[C@H]1CCCN(CCCc2ccccc2)C1. The molecule has 4 nitrogen and oxygen atoms in total. The summed E-state index contributed by atoms with van der Waals surface area (Å²) in [6.45, 7) is 3.17. The van der Waals surface area contributed by atoms with Gasteiger partial charge < -0.3 is 10.2 Å². The van der Waals surface area contributed by atoms with Gasteiger partial charge in [-0.1, -0.05) is 30.3 Å². The molecular weight excluding hydrogens is 322 g/mol. The summed E-state index contributed by atoms with van der Waals surface area (Å²) in [5.41, 5.74) is 2.39. The van der Waals surface area contributed by atoms with Gasteiger partial charge in [-0.3, -0.25) is 9.78 Å². The second-order valence-corrected chi connectivity index (χ2v) is 6.85. The van der Waals surface area contributed by atoms with E-state index in [2.05, 4.69) is 45.5 Å². The lowest BCUT2D eigenvalue weighted by molar-refractivity contribution is -0.117. The first-order valence-corrected chi connectivity index (χ1v) is 9.44. The summed E-state index contributed by atoms with van der Waals surface area (Å²) < 4.78 is 0. The number of nitrogens with one attached hydrogen (secondary N) is 1. The van der Waals surface area contributed by atoms with Crippen molar-refractivity contribution < 1.29 is 4.79 Å². The number of pyridine rings is 1. The number of nitrogens with zero attached hydrogens (tertiary/aromatic N) is 2. The lowest BCUT2D eigenvalue weighted by Gasteiger charge is -2.33. The second kappa shape index (κ2) is 9.88. The van der Waals surface area contributed by atoms with Crippen molar-refractivity contribution in [3.63, 3.8) is 0 Å². The molecule has 1 atom stereocenters. The Morgan fingerprint density at radius 3 is 2.81 bits per heavy atom. The minimum Gasteiger partial charge on any atom is -0.349 e. The number of carbonyl (C=O) groups excluding carboxylic acids is 1. The first-order valence-electron chi connectivity index (χ1n) is 9.44. The van der Waals surface area contributed by atoms with Gasteiger partial charge in [-0.2, -0.15) is 0 Å². The van der Waals surface area contributed by atoms with Crippen molar-refractivity contribution in [1.29, 1.82) is 0 Å². The summed E-state index contributed by atoms with van der Waals surface area (Å²) in [6.07, 6.45) is 11.4. The predicted molar refractivity (Wildman–Crippen MR) is 106 cm³/mol. The molecule has 1 aromatic heterocycles. The van der Waals surface area contributed by atoms with E-state index in [9.17, 15) is 4.79 Å². The number of aryl methyl sites for hydroxylation is 1. The molecular formula is C22H27N3O. The number of amides is 1. The minimum absolute atomic E-state index is 0.0158. The van der Waals surface area contributed by atoms with E-state index in [4.69, 9.17) is 0 Å². The summed E-state index contributed by atoms with van der Waals surface area (Å²) in [5.74, 6) is -0.0158. The van der Waals surface area contributed by atoms with Crippen molar-refractivity contribution in [2.24, 2.45) is 0 Å². The minimum atomic E-state index is -0.0158. The molecule has 0 radical (unpaired) electrons. The van der Waals surface area contributed by atoms with Crippen molar-refractivity contribution >= 4 is 12.0 Å². The third kappa shape index (κ3) is 6.12. The number of piperidine rings is 1. The van der Waals surface area contributed by atoms with Crippen LogP contribution in [0.4, 0.5) is 0 Å². The molecule has 1 aliphatic rings. The largest absolute Gasteiger partial charge is 0.349 e. The highest BCUT2D eigenvalue weighted by Crippen LogP contribution is 2.12. The Hall–Kier alpha value is -2.46. The number of carbonyl (C=O) groups is 1. The molecule has 1 N–H and O–H groups in total. The lowest BCUT2D eigenvalue weighted by Crippen LogP contribution is -2.47. The van der Waals surface area contributed by atoms with E-state index in [-0.39, 0.29) is 11.9 Å². The lowest BCUT2D eigenvalue weighted by atomic mass is 10.0. The van der Waals surface area contributed by atoms with E-state index >= 15 is 0 Å². The second-order valence-electron chi connectivity index (χ2n) is 6.85. The van der Waals surface area contributed by atoms with Crippen LogP contribution in [0, 0.1) is 0 Å². The van der Waals surface area contributed by atoms with Gasteiger partial charge in [-0.05, 0) is 68.1 Å². The molecule has 1 saturated heterocycles. The van der Waals surface area contributed by atoms with Crippen molar-refractivity contribution in [2.75, 3.05) is 19.6 Å². The fraction of sp³-hybridized carbons (Fsp3) is 0.364. The molecule has 0 aliphatic carbocycles. The standard InChI is InChI=1S/C22H27N3O/c26-22(11-10-20-12-14-23-15-13-20)24-21-9-5-17-25(18-21)16-4-8-19-6-2-1-3-7-19/h1-3,6-7,10-15,21H,4-5,8-9,16-18H2,(H,24,26)/b11-10+/t21-/m0/s1. The molecule has 4 heteroatoms. The molecule has 2 aromatic rings. The van der Waals surface area contributed by atoms with Gasteiger partial charge in [-0.25, -0.2) is 0 Å². The average molecular weight is 349 g/mol. The van der Waals surface area contributed by atoms with Crippen LogP contribution >= 0.6 is 0 Å². The zero-order valence-corrected chi connectivity index (χ0v) is 15.2. The molecule has 26 heavy (non-hydrogen) atoms. The first kappa shape index (κ1) is 18.3. The smallest absolute Gasteiger partial charge is 0.244 e. The van der Waals surface area contributed by atoms with Gasteiger partial charge in [-0.15, -0.1) is 0 Å². The number of hydrogen-bond donors (Lipinski definition) is 1. The first-order chi connectivity index (χ1) is 12.8. The topological polar surface area (TPSA) is 45.2 Å². The van der Waals surface area contributed by atoms with Crippen molar-refractivity contribution in [3.05, 3.63) is 72.1 Å². The van der Waals surface area contributed by atoms with Crippen LogP contribution in [-0.4, -0.2) is 41.5 Å². The molecule has 0 saturated carbocycles. The van der Waals surface area contributed by atoms with E-state index in [0.717, 1.165) is 50.9 Å². The van der Waals surface area contributed by atoms with Gasteiger partial charge in [0.15, 0.2) is 0 Å². The maximum atomic E-state index is 12.2. The monoisotopic (exact) mass is 349 g/mol. The zero-order valence-electron chi connectivity index (χ0n) is 15.2. The van der Waals surface area contributed by atoms with Crippen LogP contribution in [0.5, 0.6) is 0 Å². The molecule has 1 aliphatic heterocycles. The quantitative estimate of drug-likeness (QED) is 0.780. The van der Waals surface area contributed by atoms with E-state index in [1.165, 1.54) is 5.56 Å². The van der Waals surface area contributed by atoms with Crippen LogP contribution in [0.2, 0.25) is 0 Å². The van der Waals surface area contributed by atoms with Crippen LogP contribution in [0.3, 0.4) is 0 Å². The molecule has 0 bridgehead atoms. The van der Waals surface area contributed by atoms with Gasteiger partial charge in [0.1, 0.15) is 0 Å². The van der Waals surface area contributed by atoms with E-state index < -0.39 is 0 Å². The third-order valence-electron chi connectivity index (χ3n) is 4.77. The highest BCUT2D eigenvalue weighted by Gasteiger charge is 2.20. The summed E-state index contributed by atoms with van der Waals surface area (Å²) in [4.78, 5) is 18.6. The average Bonchev–Trinajstić information content (AvgIpc) is 2.68. The highest BCUT2D eigenvalue weighted by molar-refractivity contribution is 5.91. The molecule has 0 spiro atoms. The number of hydrogen-bond acceptors (Lipinski definition) is 3. The maximum Gasteiger partial charge on any atom is 0.244 e. The summed E-state index contributed by atoms with van der Waals surface area (Å²) in [6, 6.07) is 14.7. The Labute approximate surface area is 155 Å². The van der Waals surface area contributed by atoms with E-state index in [1.807, 2.05) is 18.2 Å². The maximum absolute atomic E-state index is 12.2. The van der Waals surface area contributed by atoms with Crippen LogP contribution in [0.1, 0.15) is 30.4 Å². The molecule has 1 aromatic carbocycles. The molecule has 3 rings (SSSR count). The van der Waals surface area contributed by atoms with Gasteiger partial charge >= 0.3 is 0 Å². The Kier molecular flexibility index (Phi) is 6.96. The fourth-order valence-corrected chi connectivity index (χ4v) is 3.42. The van der Waals surface area contributed by atoms with Gasteiger partial charge in [0.05, 0.1) is 0 Å². The van der Waals surface area contributed by atoms with Crippen LogP contribution in [0.15, 0.2) is 60.9 Å². The molecule has 1 fully saturated rings. The summed E-state index contributed by atoms with van der Waals surface area (Å²) in [7, 11) is 0. The van der Waals surface area contributed by atoms with Crippen LogP contribution < -0.4 is 5.32 Å². The molecule has 0 unspecified atom stereocenters. The van der Waals surface area contributed by atoms with Crippen molar-refractivity contribution in [3.8, 4) is 0 Å². The molecule has 1 amide bonds. The van der Waals surface area contributed by atoms with Crippen molar-refractivity contribution in [1.82, 2.24) is 15.2 Å². The summed E-state index contributed by atoms with van der Waals surface area (Å²) in [5, 5.41) is 3.14. The van der Waals surface area contributed by atoms with E-state index in [0.29, 0.717) is 0 Å². The molecule has 136 valence electrons. The number of likely N-dealkylation sites (tertiary alicyclic amines) is 1. The third-order valence-corrected chi connectivity index (χ3v) is 4.77. The van der Waals surface area contributed by atoms with Crippen LogP contribution in [-0.2, 0) is 11.2 Å². The summed E-state index contributed by atoms with van der Waals surface area (Å²) >= 11 is 0.